The van der Waals surface area contributed by atoms with Crippen molar-refractivity contribution in [1.82, 2.24) is 9.38 Å². The number of benzene rings is 1. The lowest BCUT2D eigenvalue weighted by Gasteiger charge is -1.98. The van der Waals surface area contributed by atoms with E-state index in [0.717, 1.165) is 16.9 Å². The van der Waals surface area contributed by atoms with Crippen LogP contribution in [0.5, 0.6) is 0 Å². The number of pyridine rings is 1. The predicted octanol–water partition coefficient (Wildman–Crippen LogP) is 1.62. The van der Waals surface area contributed by atoms with Crippen molar-refractivity contribution in [2.75, 3.05) is 0 Å². The standard InChI is InChI=1S/C14H10Cl2N2.BrH/c1-9-4-5-18-8-13(17-14(18)6-9)10-2-3-11(15)12(16)7-10;/h2-8H,1H3;1H/p-1. The van der Waals surface area contributed by atoms with Crippen LogP contribution in [-0.2, 0) is 0 Å². The van der Waals surface area contributed by atoms with Crippen LogP contribution in [0.2, 0.25) is 10.0 Å². The molecule has 2 aromatic heterocycles. The second kappa shape index (κ2) is 5.53. The summed E-state index contributed by atoms with van der Waals surface area (Å²) in [6.45, 7) is 2.05. The Morgan fingerprint density at radius 3 is 2.58 bits per heavy atom. The molecule has 0 aliphatic heterocycles. The second-order valence-electron chi connectivity index (χ2n) is 4.22. The van der Waals surface area contributed by atoms with Gasteiger partial charge in [-0.15, -0.1) is 0 Å². The third kappa shape index (κ3) is 2.78. The average molecular weight is 357 g/mol. The van der Waals surface area contributed by atoms with Gasteiger partial charge in [-0.25, -0.2) is 4.98 Å². The molecule has 0 bridgehead atoms. The van der Waals surface area contributed by atoms with Gasteiger partial charge in [0.2, 0.25) is 0 Å². The zero-order valence-corrected chi connectivity index (χ0v) is 13.2. The first-order valence-corrected chi connectivity index (χ1v) is 6.30. The van der Waals surface area contributed by atoms with Crippen LogP contribution in [0.3, 0.4) is 0 Å². The largest absolute Gasteiger partial charge is 1.00 e. The van der Waals surface area contributed by atoms with E-state index in [1.165, 1.54) is 5.56 Å². The highest BCUT2D eigenvalue weighted by Crippen LogP contribution is 2.28. The smallest absolute Gasteiger partial charge is 0.137 e. The second-order valence-corrected chi connectivity index (χ2v) is 5.04. The fraction of sp³-hybridized carbons (Fsp3) is 0.0714. The van der Waals surface area contributed by atoms with E-state index in [-0.39, 0.29) is 17.0 Å². The normalized spacial score (nSPS) is 10.5. The SMILES string of the molecule is Cc1ccn2cc(-c3ccc(Cl)c(Cl)c3)nc2c1.[Br-]. The lowest BCUT2D eigenvalue weighted by Crippen LogP contribution is -3.00. The Labute approximate surface area is 131 Å². The fourth-order valence-electron chi connectivity index (χ4n) is 1.88. The van der Waals surface area contributed by atoms with Crippen LogP contribution < -0.4 is 17.0 Å². The maximum absolute atomic E-state index is 6.02. The van der Waals surface area contributed by atoms with Crippen LogP contribution in [0.15, 0.2) is 42.7 Å². The van der Waals surface area contributed by atoms with Crippen molar-refractivity contribution in [3.8, 4) is 11.3 Å². The summed E-state index contributed by atoms with van der Waals surface area (Å²) in [5, 5.41) is 1.10. The molecule has 5 heteroatoms. The molecular weight excluding hydrogens is 347 g/mol. The Hall–Kier alpha value is -1.03. The zero-order valence-electron chi connectivity index (χ0n) is 10.1. The van der Waals surface area contributed by atoms with Gasteiger partial charge in [-0.05, 0) is 36.8 Å². The molecule has 0 saturated heterocycles. The summed E-state index contributed by atoms with van der Waals surface area (Å²) in [6.07, 6.45) is 3.98. The lowest BCUT2D eigenvalue weighted by atomic mass is 10.2. The molecule has 3 aromatic rings. The molecule has 0 aliphatic carbocycles. The van der Waals surface area contributed by atoms with Gasteiger partial charge in [-0.2, -0.15) is 0 Å². The Morgan fingerprint density at radius 1 is 1.05 bits per heavy atom. The molecule has 98 valence electrons. The number of hydrogen-bond acceptors (Lipinski definition) is 1. The Morgan fingerprint density at radius 2 is 1.84 bits per heavy atom. The van der Waals surface area contributed by atoms with E-state index in [0.29, 0.717) is 10.0 Å². The van der Waals surface area contributed by atoms with E-state index in [9.17, 15) is 0 Å². The molecule has 0 unspecified atom stereocenters. The third-order valence-electron chi connectivity index (χ3n) is 2.83. The highest BCUT2D eigenvalue weighted by molar-refractivity contribution is 6.42. The van der Waals surface area contributed by atoms with Gasteiger partial charge >= 0.3 is 0 Å². The first kappa shape index (κ1) is 14.4. The van der Waals surface area contributed by atoms with Gasteiger partial charge in [0.15, 0.2) is 0 Å². The minimum absolute atomic E-state index is 0. The molecular formula is C14H10BrCl2N2-. The summed E-state index contributed by atoms with van der Waals surface area (Å²) in [4.78, 5) is 4.58. The molecule has 2 nitrogen and oxygen atoms in total. The number of aryl methyl sites for hydroxylation is 1. The molecule has 0 saturated carbocycles. The zero-order chi connectivity index (χ0) is 12.7. The maximum atomic E-state index is 6.02. The van der Waals surface area contributed by atoms with Gasteiger partial charge in [0, 0.05) is 18.0 Å². The lowest BCUT2D eigenvalue weighted by molar-refractivity contribution is -0.00000354. The molecule has 1 aromatic carbocycles. The number of aromatic nitrogens is 2. The topological polar surface area (TPSA) is 17.3 Å². The highest BCUT2D eigenvalue weighted by Gasteiger charge is 2.06. The number of rotatable bonds is 1. The Bertz CT molecular complexity index is 737. The molecule has 0 spiro atoms. The van der Waals surface area contributed by atoms with Gasteiger partial charge in [-0.3, -0.25) is 0 Å². The van der Waals surface area contributed by atoms with E-state index in [1.807, 2.05) is 48.0 Å². The van der Waals surface area contributed by atoms with E-state index in [1.54, 1.807) is 6.07 Å². The average Bonchev–Trinajstić information content (AvgIpc) is 2.75. The monoisotopic (exact) mass is 355 g/mol. The van der Waals surface area contributed by atoms with Gasteiger partial charge in [-0.1, -0.05) is 29.3 Å². The van der Waals surface area contributed by atoms with E-state index in [2.05, 4.69) is 4.98 Å². The minimum atomic E-state index is 0. The molecule has 0 N–H and O–H groups in total. The van der Waals surface area contributed by atoms with Crippen LogP contribution in [-0.4, -0.2) is 9.38 Å². The summed E-state index contributed by atoms with van der Waals surface area (Å²) in [5.74, 6) is 0. The van der Waals surface area contributed by atoms with Crippen LogP contribution in [0.4, 0.5) is 0 Å². The van der Waals surface area contributed by atoms with Crippen molar-refractivity contribution < 1.29 is 17.0 Å². The quantitative estimate of drug-likeness (QED) is 0.647. The fourth-order valence-corrected chi connectivity index (χ4v) is 2.18. The summed E-state index contributed by atoms with van der Waals surface area (Å²) in [7, 11) is 0. The Kier molecular flexibility index (Phi) is 4.19. The van der Waals surface area contributed by atoms with Crippen molar-refractivity contribution in [3.05, 3.63) is 58.3 Å². The molecule has 0 amide bonds. The molecule has 0 aliphatic rings. The van der Waals surface area contributed by atoms with Crippen molar-refractivity contribution >= 4 is 28.8 Å². The summed E-state index contributed by atoms with van der Waals surface area (Å²) < 4.78 is 1.99. The number of nitrogens with zero attached hydrogens (tertiary/aromatic N) is 2. The number of imidazole rings is 1. The van der Waals surface area contributed by atoms with Gasteiger partial charge in [0.1, 0.15) is 5.65 Å². The van der Waals surface area contributed by atoms with Crippen LogP contribution in [0.25, 0.3) is 16.9 Å². The van der Waals surface area contributed by atoms with Crippen molar-refractivity contribution in [2.24, 2.45) is 0 Å². The van der Waals surface area contributed by atoms with Crippen molar-refractivity contribution in [3.63, 3.8) is 0 Å². The molecule has 0 fully saturated rings. The highest BCUT2D eigenvalue weighted by atomic mass is 79.9. The van der Waals surface area contributed by atoms with Gasteiger partial charge < -0.3 is 21.4 Å². The minimum Gasteiger partial charge on any atom is -1.00 e. The maximum Gasteiger partial charge on any atom is 0.137 e. The number of fused-ring (bicyclic) bond motifs is 1. The summed E-state index contributed by atoms with van der Waals surface area (Å²) in [6, 6.07) is 9.63. The third-order valence-corrected chi connectivity index (χ3v) is 3.57. The molecule has 19 heavy (non-hydrogen) atoms. The first-order valence-electron chi connectivity index (χ1n) is 5.54. The molecule has 2 heterocycles. The summed E-state index contributed by atoms with van der Waals surface area (Å²) in [5.41, 5.74) is 3.97. The van der Waals surface area contributed by atoms with Crippen molar-refractivity contribution in [2.45, 2.75) is 6.92 Å². The van der Waals surface area contributed by atoms with Crippen LogP contribution in [0.1, 0.15) is 5.56 Å². The summed E-state index contributed by atoms with van der Waals surface area (Å²) >= 11 is 11.9. The number of halogens is 3. The van der Waals surface area contributed by atoms with Crippen molar-refractivity contribution in [1.29, 1.82) is 0 Å². The van der Waals surface area contributed by atoms with E-state index >= 15 is 0 Å². The molecule has 3 rings (SSSR count). The van der Waals surface area contributed by atoms with Gasteiger partial charge in [0.05, 0.1) is 15.7 Å². The molecule has 0 radical (unpaired) electrons. The van der Waals surface area contributed by atoms with Gasteiger partial charge in [0.25, 0.3) is 0 Å². The van der Waals surface area contributed by atoms with E-state index < -0.39 is 0 Å². The number of hydrogen-bond donors (Lipinski definition) is 0. The predicted molar refractivity (Wildman–Crippen MR) is 75.4 cm³/mol. The van der Waals surface area contributed by atoms with E-state index in [4.69, 9.17) is 23.2 Å². The first-order chi connectivity index (χ1) is 8.63. The van der Waals surface area contributed by atoms with Crippen LogP contribution >= 0.6 is 23.2 Å². The van der Waals surface area contributed by atoms with Crippen LogP contribution in [0, 0.1) is 6.92 Å². The molecule has 0 atom stereocenters. The Balaban J connectivity index is 0.00000133.